The average molecular weight is 83.1 g/mol. The topological polar surface area (TPSA) is 35.7 Å². The molecule has 6 heavy (non-hydrogen) atoms. The summed E-state index contributed by atoms with van der Waals surface area (Å²) in [4.78, 5) is 4.43. The van der Waals surface area contributed by atoms with E-state index in [1.807, 2.05) is 0 Å². The van der Waals surface area contributed by atoms with Crippen LogP contribution in [0.25, 0.3) is 0 Å². The molecule has 0 atom stereocenters. The van der Waals surface area contributed by atoms with Crippen molar-refractivity contribution in [2.75, 3.05) is 6.61 Å². The summed E-state index contributed by atoms with van der Waals surface area (Å²) >= 11 is 0. The van der Waals surface area contributed by atoms with E-state index in [2.05, 4.69) is 20.7 Å². The fourth-order valence-corrected chi connectivity index (χ4v) is 0.201. The summed E-state index contributed by atoms with van der Waals surface area (Å²) in [6, 6.07) is 2.26. The fraction of sp³-hybridized carbons (Fsp3) is 0.333. The van der Waals surface area contributed by atoms with Crippen molar-refractivity contribution >= 4 is 12.2 Å². The molecule has 0 amide bonds. The maximum Gasteiger partial charge on any atom is 0.475 e. The van der Waals surface area contributed by atoms with E-state index < -0.39 is 0 Å². The van der Waals surface area contributed by atoms with E-state index in [0.29, 0.717) is 6.61 Å². The van der Waals surface area contributed by atoms with Crippen LogP contribution in [0.2, 0.25) is 0 Å². The highest BCUT2D eigenvalue weighted by Crippen LogP contribution is 1.66. The van der Waals surface area contributed by atoms with Gasteiger partial charge in [-0.05, 0) is 0 Å². The number of hydrogen-bond donors (Lipinski definition) is 0. The van der Waals surface area contributed by atoms with E-state index in [-0.39, 0.29) is 0 Å². The van der Waals surface area contributed by atoms with Crippen molar-refractivity contribution in [3.05, 3.63) is 0 Å². The van der Waals surface area contributed by atoms with E-state index >= 15 is 0 Å². The van der Waals surface area contributed by atoms with Gasteiger partial charge < -0.3 is 0 Å². The third-order valence-electron chi connectivity index (χ3n) is 0.403. The zero-order valence-corrected chi connectivity index (χ0v) is 3.09. The summed E-state index contributed by atoms with van der Waals surface area (Å²) in [6.45, 7) is 0.479. The number of rotatable bonds is 0. The zero-order chi connectivity index (χ0) is 4.24. The molecule has 0 aromatic rings. The summed E-state index contributed by atoms with van der Waals surface area (Å²) in [7, 11) is 0. The van der Waals surface area contributed by atoms with Gasteiger partial charge in [0.1, 0.15) is 0 Å². The van der Waals surface area contributed by atoms with E-state index in [4.69, 9.17) is 0 Å². The molecule has 3 heteroatoms. The lowest BCUT2D eigenvalue weighted by molar-refractivity contribution is 0.187. The molecule has 1 heterocycles. The fourth-order valence-electron chi connectivity index (χ4n) is 0.201. The molecule has 0 aromatic carbocycles. The molecular formula is C3H3N2O+. The van der Waals surface area contributed by atoms with Crippen molar-refractivity contribution < 1.29 is 4.84 Å². The van der Waals surface area contributed by atoms with E-state index in [1.54, 1.807) is 6.21 Å². The van der Waals surface area contributed by atoms with Gasteiger partial charge in [-0.2, -0.15) is 4.67 Å². The highest BCUT2D eigenvalue weighted by atomic mass is 16.6. The Morgan fingerprint density at radius 1 is 2.00 bits per heavy atom. The first kappa shape index (κ1) is 3.16. The molecule has 0 saturated carbocycles. The van der Waals surface area contributed by atoms with Crippen LogP contribution in [0.1, 0.15) is 0 Å². The van der Waals surface area contributed by atoms with Gasteiger partial charge in [0, 0.05) is 0 Å². The minimum absolute atomic E-state index is 0.479. The lowest BCUT2D eigenvalue weighted by Crippen LogP contribution is -1.94. The molecule has 0 N–H and O–H groups in total. The summed E-state index contributed by atoms with van der Waals surface area (Å²) in [5, 5.41) is 3.23. The highest BCUT2D eigenvalue weighted by Gasteiger charge is 1.88. The molecule has 1 aliphatic heterocycles. The maximum absolute atomic E-state index is 4.43. The average Bonchev–Trinajstić information content (AvgIpc) is 1.72. The number of hydrogen-bond acceptors (Lipinski definition) is 2. The second-order valence-corrected chi connectivity index (χ2v) is 0.799. The lowest BCUT2D eigenvalue weighted by atomic mass is 10.8. The van der Waals surface area contributed by atoms with Gasteiger partial charge in [0.05, 0.1) is 0 Å². The summed E-state index contributed by atoms with van der Waals surface area (Å²) in [5.74, 6) is 0. The largest absolute Gasteiger partial charge is 0.475 e. The molecule has 1 rings (SSSR count). The molecule has 0 aliphatic carbocycles. The molecule has 0 saturated heterocycles. The van der Waals surface area contributed by atoms with Crippen LogP contribution in [0.4, 0.5) is 0 Å². The molecule has 0 spiro atoms. The molecule has 0 unspecified atom stereocenters. The molecule has 0 fully saturated rings. The zero-order valence-electron chi connectivity index (χ0n) is 3.09. The van der Waals surface area contributed by atoms with Crippen LogP contribution >= 0.6 is 0 Å². The van der Waals surface area contributed by atoms with Crippen molar-refractivity contribution in [1.29, 1.82) is 0 Å². The minimum Gasteiger partial charge on any atom is -0.280 e. The SMILES string of the molecule is C1=NOCC=[N+]=1. The van der Waals surface area contributed by atoms with Gasteiger partial charge in [-0.25, -0.2) is 0 Å². The third-order valence-corrected chi connectivity index (χ3v) is 0.403. The quantitative estimate of drug-likeness (QED) is 0.355. The standard InChI is InChI=1S/C3H3N2O/c1-2-6-5-3-4-1/h1H,2H2/q+1. The van der Waals surface area contributed by atoms with Gasteiger partial charge in [-0.15, -0.1) is 0 Å². The van der Waals surface area contributed by atoms with Crippen molar-refractivity contribution in [3.63, 3.8) is 0 Å². The Hall–Kier alpha value is -1.04. The van der Waals surface area contributed by atoms with Crippen molar-refractivity contribution in [2.45, 2.75) is 0 Å². The third kappa shape index (κ3) is 0.462. The van der Waals surface area contributed by atoms with E-state index in [9.17, 15) is 0 Å². The van der Waals surface area contributed by atoms with Crippen LogP contribution in [0.5, 0.6) is 0 Å². The maximum atomic E-state index is 4.43. The smallest absolute Gasteiger partial charge is 0.280 e. The Labute approximate surface area is 34.7 Å². The minimum atomic E-state index is 0.479. The van der Waals surface area contributed by atoms with Crippen LogP contribution in [-0.4, -0.2) is 18.8 Å². The predicted octanol–water partition coefficient (Wildman–Crippen LogP) is -0.756. The summed E-state index contributed by atoms with van der Waals surface area (Å²) in [6.07, 6.45) is 1.59. The molecule has 0 aromatic heterocycles. The monoisotopic (exact) mass is 83.0 g/mol. The van der Waals surface area contributed by atoms with E-state index in [1.165, 1.54) is 0 Å². The van der Waals surface area contributed by atoms with Crippen LogP contribution in [0, 0.1) is 0 Å². The highest BCUT2D eigenvalue weighted by molar-refractivity contribution is 5.62. The van der Waals surface area contributed by atoms with Crippen molar-refractivity contribution in [1.82, 2.24) is 4.67 Å². The Morgan fingerprint density at radius 3 is 3.17 bits per heavy atom. The molecule has 0 bridgehead atoms. The van der Waals surface area contributed by atoms with Gasteiger partial charge in [-0.3, -0.25) is 4.84 Å². The Balaban J connectivity index is 2.88. The van der Waals surface area contributed by atoms with Gasteiger partial charge in [0.15, 0.2) is 0 Å². The molecule has 0 radical (unpaired) electrons. The van der Waals surface area contributed by atoms with Gasteiger partial charge in [-0.1, -0.05) is 0 Å². The Kier molecular flexibility index (Phi) is 0.743. The number of nitrogens with zero attached hydrogens (tertiary/aromatic N) is 2. The Morgan fingerprint density at radius 2 is 3.00 bits per heavy atom. The van der Waals surface area contributed by atoms with E-state index in [0.717, 1.165) is 0 Å². The van der Waals surface area contributed by atoms with Crippen LogP contribution < -0.4 is 4.67 Å². The van der Waals surface area contributed by atoms with Gasteiger partial charge in [0.2, 0.25) is 18.0 Å². The molecule has 30 valence electrons. The van der Waals surface area contributed by atoms with Gasteiger partial charge in [0.25, 0.3) is 0 Å². The summed E-state index contributed by atoms with van der Waals surface area (Å²) in [5.41, 5.74) is 0. The second-order valence-electron chi connectivity index (χ2n) is 0.799. The normalized spacial score (nSPS) is 14.7. The predicted molar refractivity (Wildman–Crippen MR) is 21.6 cm³/mol. The summed E-state index contributed by atoms with van der Waals surface area (Å²) < 4.78 is 3.51. The Bertz CT molecular complexity index is 112. The molecular weight excluding hydrogens is 80.0 g/mol. The first-order chi connectivity index (χ1) is 3.00. The lowest BCUT2D eigenvalue weighted by Gasteiger charge is -1.72. The van der Waals surface area contributed by atoms with Crippen LogP contribution in [-0.2, 0) is 4.84 Å². The molecule has 3 nitrogen and oxygen atoms in total. The first-order valence-electron chi connectivity index (χ1n) is 1.58. The first-order valence-corrected chi connectivity index (χ1v) is 1.58. The van der Waals surface area contributed by atoms with Crippen molar-refractivity contribution in [2.24, 2.45) is 5.16 Å². The van der Waals surface area contributed by atoms with Crippen LogP contribution in [0.15, 0.2) is 5.16 Å². The van der Waals surface area contributed by atoms with Gasteiger partial charge >= 0.3 is 6.01 Å². The second kappa shape index (κ2) is 1.41. The molecule has 1 aliphatic rings. The van der Waals surface area contributed by atoms with Crippen LogP contribution in [0.3, 0.4) is 0 Å². The van der Waals surface area contributed by atoms with Crippen molar-refractivity contribution in [3.8, 4) is 0 Å².